The summed E-state index contributed by atoms with van der Waals surface area (Å²) < 4.78 is 7.15. The Bertz CT molecular complexity index is 476. The van der Waals surface area contributed by atoms with Crippen LogP contribution in [0.1, 0.15) is 49.7 Å². The Morgan fingerprint density at radius 1 is 1.32 bits per heavy atom. The number of ether oxygens (including phenoxy) is 1. The number of rotatable bonds is 4. The molecule has 19 heavy (non-hydrogen) atoms. The van der Waals surface area contributed by atoms with E-state index in [1.165, 1.54) is 36.8 Å². The van der Waals surface area contributed by atoms with Gasteiger partial charge in [0, 0.05) is 11.1 Å². The molecule has 0 amide bonds. The predicted octanol–water partition coefficient (Wildman–Crippen LogP) is 4.27. The van der Waals surface area contributed by atoms with Crippen molar-refractivity contribution in [1.29, 1.82) is 0 Å². The molecule has 0 spiro atoms. The average Bonchev–Trinajstić information content (AvgIpc) is 3.08. The van der Waals surface area contributed by atoms with Crippen LogP contribution in [0.15, 0.2) is 16.6 Å². The van der Waals surface area contributed by atoms with Gasteiger partial charge in [-0.3, -0.25) is 0 Å². The van der Waals surface area contributed by atoms with Crippen LogP contribution < -0.4 is 10.5 Å². The molecule has 3 heteroatoms. The van der Waals surface area contributed by atoms with Gasteiger partial charge in [-0.05, 0) is 66.1 Å². The van der Waals surface area contributed by atoms with E-state index >= 15 is 0 Å². The Morgan fingerprint density at radius 3 is 2.63 bits per heavy atom. The lowest BCUT2D eigenvalue weighted by Crippen LogP contribution is -2.34. The molecule has 104 valence electrons. The first-order valence-corrected chi connectivity index (χ1v) is 8.10. The quantitative estimate of drug-likeness (QED) is 0.897. The third kappa shape index (κ3) is 2.82. The van der Waals surface area contributed by atoms with Crippen molar-refractivity contribution in [3.8, 4) is 5.75 Å². The molecular formula is C16H22BrNO. The molecule has 2 nitrogen and oxygen atoms in total. The maximum absolute atomic E-state index is 6.64. The summed E-state index contributed by atoms with van der Waals surface area (Å²) in [6.07, 6.45) is 7.22. The van der Waals surface area contributed by atoms with E-state index in [9.17, 15) is 0 Å². The summed E-state index contributed by atoms with van der Waals surface area (Å²) >= 11 is 3.66. The fourth-order valence-corrected chi connectivity index (χ4v) is 3.70. The lowest BCUT2D eigenvalue weighted by molar-refractivity contribution is 0.285. The van der Waals surface area contributed by atoms with Crippen molar-refractivity contribution in [2.75, 3.05) is 6.61 Å². The highest BCUT2D eigenvalue weighted by Crippen LogP contribution is 2.44. The van der Waals surface area contributed by atoms with E-state index in [4.69, 9.17) is 10.5 Å². The highest BCUT2D eigenvalue weighted by atomic mass is 79.9. The summed E-state index contributed by atoms with van der Waals surface area (Å²) in [4.78, 5) is 0. The monoisotopic (exact) mass is 323 g/mol. The maximum Gasteiger partial charge on any atom is 0.138 e. The zero-order valence-corrected chi connectivity index (χ0v) is 13.1. The first kappa shape index (κ1) is 13.4. The second-order valence-corrected chi connectivity index (χ2v) is 7.10. The summed E-state index contributed by atoms with van der Waals surface area (Å²) in [7, 11) is 0. The van der Waals surface area contributed by atoms with Gasteiger partial charge in [0.1, 0.15) is 5.75 Å². The third-order valence-electron chi connectivity index (χ3n) is 4.38. The molecule has 2 N–H and O–H groups in total. The molecule has 0 saturated heterocycles. The normalized spacial score (nSPS) is 21.6. The van der Waals surface area contributed by atoms with Crippen molar-refractivity contribution in [3.05, 3.63) is 27.7 Å². The van der Waals surface area contributed by atoms with Crippen molar-refractivity contribution >= 4 is 15.9 Å². The molecule has 0 aromatic heterocycles. The van der Waals surface area contributed by atoms with Crippen LogP contribution in [0.4, 0.5) is 0 Å². The van der Waals surface area contributed by atoms with E-state index in [0.29, 0.717) is 0 Å². The van der Waals surface area contributed by atoms with Crippen molar-refractivity contribution in [1.82, 2.24) is 0 Å². The molecule has 2 aliphatic rings. The topological polar surface area (TPSA) is 35.2 Å². The number of hydrogen-bond acceptors (Lipinski definition) is 2. The van der Waals surface area contributed by atoms with Gasteiger partial charge >= 0.3 is 0 Å². The van der Waals surface area contributed by atoms with E-state index in [2.05, 4.69) is 35.0 Å². The Morgan fingerprint density at radius 2 is 2.00 bits per heavy atom. The Kier molecular flexibility index (Phi) is 3.61. The van der Waals surface area contributed by atoms with Gasteiger partial charge in [-0.25, -0.2) is 0 Å². The van der Waals surface area contributed by atoms with Gasteiger partial charge in [-0.1, -0.05) is 18.9 Å². The fraction of sp³-hybridized carbons (Fsp3) is 0.625. The van der Waals surface area contributed by atoms with E-state index in [1.807, 2.05) is 0 Å². The number of halogens is 1. The van der Waals surface area contributed by atoms with Gasteiger partial charge in [-0.2, -0.15) is 0 Å². The molecule has 0 radical (unpaired) electrons. The molecule has 0 atom stereocenters. The highest BCUT2D eigenvalue weighted by Gasteiger charge is 2.35. The zero-order chi connectivity index (χ0) is 13.5. The molecule has 0 aliphatic heterocycles. The Hall–Kier alpha value is -0.540. The molecular weight excluding hydrogens is 302 g/mol. The minimum absolute atomic E-state index is 0.187. The molecule has 1 aromatic carbocycles. The van der Waals surface area contributed by atoms with Crippen LogP contribution in [0.25, 0.3) is 0 Å². The van der Waals surface area contributed by atoms with Crippen LogP contribution in [0.5, 0.6) is 5.75 Å². The van der Waals surface area contributed by atoms with Crippen LogP contribution >= 0.6 is 15.9 Å². The minimum Gasteiger partial charge on any atom is -0.492 e. The number of aryl methyl sites for hydroxylation is 1. The predicted molar refractivity (Wildman–Crippen MR) is 81.4 cm³/mol. The van der Waals surface area contributed by atoms with Crippen molar-refractivity contribution in [2.45, 2.75) is 51.0 Å². The van der Waals surface area contributed by atoms with Crippen molar-refractivity contribution < 1.29 is 4.74 Å². The number of hydrogen-bond donors (Lipinski definition) is 1. The van der Waals surface area contributed by atoms with Gasteiger partial charge in [0.05, 0.1) is 11.1 Å². The van der Waals surface area contributed by atoms with Gasteiger partial charge < -0.3 is 10.5 Å². The van der Waals surface area contributed by atoms with E-state index in [-0.39, 0.29) is 5.54 Å². The van der Waals surface area contributed by atoms with Gasteiger partial charge in [0.25, 0.3) is 0 Å². The second-order valence-electron chi connectivity index (χ2n) is 6.24. The van der Waals surface area contributed by atoms with Crippen molar-refractivity contribution in [2.24, 2.45) is 11.7 Å². The Labute approximate surface area is 123 Å². The fourth-order valence-electron chi connectivity index (χ4n) is 3.01. The van der Waals surface area contributed by atoms with E-state index in [0.717, 1.165) is 35.6 Å². The smallest absolute Gasteiger partial charge is 0.138 e. The lowest BCUT2D eigenvalue weighted by Gasteiger charge is -2.28. The van der Waals surface area contributed by atoms with Crippen LogP contribution in [0.2, 0.25) is 0 Å². The molecule has 0 bridgehead atoms. The van der Waals surface area contributed by atoms with E-state index in [1.54, 1.807) is 0 Å². The maximum atomic E-state index is 6.64. The molecule has 1 aromatic rings. The second kappa shape index (κ2) is 5.10. The van der Waals surface area contributed by atoms with E-state index < -0.39 is 0 Å². The van der Waals surface area contributed by atoms with Crippen LogP contribution in [-0.4, -0.2) is 6.61 Å². The Balaban J connectivity index is 1.94. The van der Waals surface area contributed by atoms with Crippen LogP contribution in [0.3, 0.4) is 0 Å². The molecule has 2 fully saturated rings. The minimum atomic E-state index is -0.187. The molecule has 2 aliphatic carbocycles. The first-order valence-electron chi connectivity index (χ1n) is 7.31. The number of benzene rings is 1. The largest absolute Gasteiger partial charge is 0.492 e. The van der Waals surface area contributed by atoms with Gasteiger partial charge in [0.2, 0.25) is 0 Å². The van der Waals surface area contributed by atoms with Crippen LogP contribution in [-0.2, 0) is 5.54 Å². The standard InChI is InChI=1S/C16H22BrNO/c1-11-8-13(16(18)6-2-3-7-16)15(14(17)9-11)19-10-12-4-5-12/h8-9,12H,2-7,10,18H2,1H3. The third-order valence-corrected chi connectivity index (χ3v) is 4.97. The van der Waals surface area contributed by atoms with Gasteiger partial charge in [0.15, 0.2) is 0 Å². The summed E-state index contributed by atoms with van der Waals surface area (Å²) in [5.74, 6) is 1.75. The first-order chi connectivity index (χ1) is 9.08. The SMILES string of the molecule is Cc1cc(Br)c(OCC2CC2)c(C2(N)CCCC2)c1. The highest BCUT2D eigenvalue weighted by molar-refractivity contribution is 9.10. The summed E-state index contributed by atoms with van der Waals surface area (Å²) in [6, 6.07) is 4.35. The van der Waals surface area contributed by atoms with Crippen molar-refractivity contribution in [3.63, 3.8) is 0 Å². The molecule has 2 saturated carbocycles. The molecule has 0 unspecified atom stereocenters. The molecule has 0 heterocycles. The van der Waals surface area contributed by atoms with Crippen LogP contribution in [0, 0.1) is 12.8 Å². The lowest BCUT2D eigenvalue weighted by atomic mass is 9.87. The average molecular weight is 324 g/mol. The number of nitrogens with two attached hydrogens (primary N) is 1. The molecule has 3 rings (SSSR count). The zero-order valence-electron chi connectivity index (χ0n) is 11.5. The summed E-state index contributed by atoms with van der Waals surface area (Å²) in [5.41, 5.74) is 8.91. The summed E-state index contributed by atoms with van der Waals surface area (Å²) in [5, 5.41) is 0. The summed E-state index contributed by atoms with van der Waals surface area (Å²) in [6.45, 7) is 2.96. The van der Waals surface area contributed by atoms with Gasteiger partial charge in [-0.15, -0.1) is 0 Å².